The minimum absolute atomic E-state index is 0.238. The van der Waals surface area contributed by atoms with Crippen LogP contribution in [0.5, 0.6) is 0 Å². The van der Waals surface area contributed by atoms with Crippen molar-refractivity contribution >= 4 is 35.2 Å². The van der Waals surface area contributed by atoms with E-state index in [9.17, 15) is 10.1 Å². The van der Waals surface area contributed by atoms with Crippen LogP contribution in [-0.2, 0) is 4.74 Å². The Morgan fingerprint density at radius 3 is 2.88 bits per heavy atom. The molecule has 1 aromatic rings. The summed E-state index contributed by atoms with van der Waals surface area (Å²) < 4.78 is 5.59. The number of hydrogen-bond donors (Lipinski definition) is 0. The number of ether oxygens (including phenoxy) is 1. The molecule has 0 N–H and O–H groups in total. The Kier molecular flexibility index (Phi) is 6.01. The molecule has 2 aliphatic rings. The summed E-state index contributed by atoms with van der Waals surface area (Å²) >= 11 is 12.1. The molecule has 2 fully saturated rings. The predicted octanol–water partition coefficient (Wildman–Crippen LogP) is 3.55. The molecule has 26 heavy (non-hydrogen) atoms. The first-order valence-corrected chi connectivity index (χ1v) is 9.17. The molecule has 0 amide bonds. The van der Waals surface area contributed by atoms with Crippen molar-refractivity contribution in [1.82, 2.24) is 9.80 Å². The molecule has 0 aliphatic carbocycles. The lowest BCUT2D eigenvalue weighted by Crippen LogP contribution is -2.35. The number of halogens is 2. The number of nitro groups is 1. The van der Waals surface area contributed by atoms with E-state index in [2.05, 4.69) is 5.10 Å². The van der Waals surface area contributed by atoms with Crippen LogP contribution < -0.4 is 0 Å². The normalized spacial score (nSPS) is 25.0. The highest BCUT2D eigenvalue weighted by atomic mass is 35.5. The van der Waals surface area contributed by atoms with Crippen LogP contribution in [0.4, 0.5) is 0 Å². The van der Waals surface area contributed by atoms with Crippen LogP contribution in [0.25, 0.3) is 6.08 Å². The van der Waals surface area contributed by atoms with Gasteiger partial charge in [0.05, 0.1) is 12.7 Å². The van der Waals surface area contributed by atoms with Crippen molar-refractivity contribution in [2.24, 2.45) is 11.0 Å². The van der Waals surface area contributed by atoms with Gasteiger partial charge in [-0.15, -0.1) is 0 Å². The third-order valence-electron chi connectivity index (χ3n) is 4.48. The fraction of sp³-hybridized carbons (Fsp3) is 0.471. The van der Waals surface area contributed by atoms with Crippen LogP contribution in [0, 0.1) is 16.0 Å². The third kappa shape index (κ3) is 4.66. The van der Waals surface area contributed by atoms with E-state index in [0.29, 0.717) is 48.2 Å². The van der Waals surface area contributed by atoms with Gasteiger partial charge in [-0.25, -0.2) is 10.1 Å². The minimum atomic E-state index is -0.655. The Balaban J connectivity index is 1.74. The van der Waals surface area contributed by atoms with Gasteiger partial charge in [0.15, 0.2) is 5.03 Å². The number of rotatable bonds is 5. The largest absolute Gasteiger partial charge is 0.378 e. The summed E-state index contributed by atoms with van der Waals surface area (Å²) in [5.41, 5.74) is 0.785. The second kappa shape index (κ2) is 8.24. The zero-order valence-electron chi connectivity index (χ0n) is 14.3. The summed E-state index contributed by atoms with van der Waals surface area (Å²) in [5, 5.41) is 15.0. The Bertz CT molecular complexity index is 741. The molecule has 9 heteroatoms. The van der Waals surface area contributed by atoms with E-state index in [1.165, 1.54) is 0 Å². The number of benzene rings is 1. The maximum atomic E-state index is 11.0. The number of hydrogen-bond acceptors (Lipinski definition) is 3. The van der Waals surface area contributed by atoms with E-state index in [0.717, 1.165) is 12.0 Å². The van der Waals surface area contributed by atoms with Gasteiger partial charge in [0.25, 0.3) is 5.96 Å². The standard InChI is InChI=1S/C17H20Cl2N4O3/c1-12-8-13(11-26-12)10-22-7-6-21(17(22)20-23(24)25)5-4-14-2-3-15(18)9-16(14)19/h2-5,9,12-13H,6-8,10-11H2,1H3. The van der Waals surface area contributed by atoms with Crippen molar-refractivity contribution in [3.63, 3.8) is 0 Å². The highest BCUT2D eigenvalue weighted by molar-refractivity contribution is 6.35. The summed E-state index contributed by atoms with van der Waals surface area (Å²) in [6, 6.07) is 5.21. The molecule has 2 aliphatic heterocycles. The smallest absolute Gasteiger partial charge is 0.278 e. The van der Waals surface area contributed by atoms with E-state index in [4.69, 9.17) is 27.9 Å². The van der Waals surface area contributed by atoms with Crippen LogP contribution in [-0.4, -0.2) is 53.1 Å². The topological polar surface area (TPSA) is 71.2 Å². The molecule has 1 aromatic carbocycles. The van der Waals surface area contributed by atoms with Gasteiger partial charge in [-0.2, -0.15) is 0 Å². The molecular weight excluding hydrogens is 379 g/mol. The molecule has 0 radical (unpaired) electrons. The Labute approximate surface area is 162 Å². The van der Waals surface area contributed by atoms with Crippen LogP contribution >= 0.6 is 23.2 Å². The summed E-state index contributed by atoms with van der Waals surface area (Å²) in [6.45, 7) is 4.72. The van der Waals surface area contributed by atoms with Gasteiger partial charge in [-0.1, -0.05) is 29.3 Å². The molecule has 0 aromatic heterocycles. The van der Waals surface area contributed by atoms with Crippen molar-refractivity contribution < 1.29 is 9.77 Å². The van der Waals surface area contributed by atoms with E-state index in [1.807, 2.05) is 11.8 Å². The number of guanidine groups is 1. The molecular formula is C17H20Cl2N4O3. The summed E-state index contributed by atoms with van der Waals surface area (Å²) in [5.74, 6) is 0.701. The van der Waals surface area contributed by atoms with Gasteiger partial charge in [-0.05, 0) is 37.1 Å². The second-order valence-electron chi connectivity index (χ2n) is 6.50. The first-order valence-electron chi connectivity index (χ1n) is 8.42. The monoisotopic (exact) mass is 398 g/mol. The molecule has 3 rings (SSSR count). The van der Waals surface area contributed by atoms with Crippen molar-refractivity contribution in [3.8, 4) is 0 Å². The molecule has 2 saturated heterocycles. The fourth-order valence-corrected chi connectivity index (χ4v) is 3.74. The highest BCUT2D eigenvalue weighted by Gasteiger charge is 2.32. The molecule has 0 spiro atoms. The molecule has 7 nitrogen and oxygen atoms in total. The van der Waals surface area contributed by atoms with Gasteiger partial charge in [-0.3, -0.25) is 0 Å². The van der Waals surface area contributed by atoms with Gasteiger partial charge in [0.1, 0.15) is 5.10 Å². The Morgan fingerprint density at radius 1 is 1.42 bits per heavy atom. The average molecular weight is 399 g/mol. The lowest BCUT2D eigenvalue weighted by molar-refractivity contribution is -0.486. The van der Waals surface area contributed by atoms with Crippen LogP contribution in [0.1, 0.15) is 18.9 Å². The molecule has 2 unspecified atom stereocenters. The zero-order chi connectivity index (χ0) is 18.7. The Morgan fingerprint density at radius 2 is 2.23 bits per heavy atom. The average Bonchev–Trinajstić information content (AvgIpc) is 3.14. The van der Waals surface area contributed by atoms with E-state index in [-0.39, 0.29) is 6.10 Å². The molecule has 0 saturated carbocycles. The lowest BCUT2D eigenvalue weighted by atomic mass is 10.1. The van der Waals surface area contributed by atoms with Crippen molar-refractivity contribution in [1.29, 1.82) is 0 Å². The summed E-state index contributed by atoms with van der Waals surface area (Å²) in [7, 11) is 0. The molecule has 0 bridgehead atoms. The van der Waals surface area contributed by atoms with E-state index in [1.54, 1.807) is 35.4 Å². The van der Waals surface area contributed by atoms with Gasteiger partial charge in [0.2, 0.25) is 0 Å². The van der Waals surface area contributed by atoms with Gasteiger partial charge in [0, 0.05) is 41.8 Å². The first kappa shape index (κ1) is 18.9. The zero-order valence-corrected chi connectivity index (χ0v) is 15.9. The predicted molar refractivity (Wildman–Crippen MR) is 102 cm³/mol. The van der Waals surface area contributed by atoms with Crippen molar-refractivity contribution in [2.75, 3.05) is 26.2 Å². The Hall–Kier alpha value is -1.83. The lowest BCUT2D eigenvalue weighted by Gasteiger charge is -2.21. The molecule has 2 heterocycles. The quantitative estimate of drug-likeness (QED) is 0.559. The molecule has 140 valence electrons. The van der Waals surface area contributed by atoms with E-state index < -0.39 is 5.03 Å². The third-order valence-corrected chi connectivity index (χ3v) is 5.04. The van der Waals surface area contributed by atoms with Crippen LogP contribution in [0.15, 0.2) is 29.5 Å². The number of hydrazone groups is 1. The minimum Gasteiger partial charge on any atom is -0.378 e. The maximum absolute atomic E-state index is 11.0. The molecule has 2 atom stereocenters. The van der Waals surface area contributed by atoms with Gasteiger partial charge < -0.3 is 14.5 Å². The van der Waals surface area contributed by atoms with Gasteiger partial charge >= 0.3 is 0 Å². The first-order chi connectivity index (χ1) is 12.4. The fourth-order valence-electron chi connectivity index (χ4n) is 3.27. The second-order valence-corrected chi connectivity index (χ2v) is 7.35. The van der Waals surface area contributed by atoms with Crippen molar-refractivity contribution in [3.05, 3.63) is 50.1 Å². The maximum Gasteiger partial charge on any atom is 0.278 e. The SMILES string of the molecule is CC1CC(CN2CCN(C=Cc3ccc(Cl)cc3Cl)C2=N[N+](=O)[O-])CO1. The van der Waals surface area contributed by atoms with Crippen LogP contribution in [0.2, 0.25) is 10.0 Å². The summed E-state index contributed by atoms with van der Waals surface area (Å²) in [4.78, 5) is 14.7. The van der Waals surface area contributed by atoms with E-state index >= 15 is 0 Å². The van der Waals surface area contributed by atoms with Crippen LogP contribution in [0.3, 0.4) is 0 Å². The summed E-state index contributed by atoms with van der Waals surface area (Å²) in [6.07, 6.45) is 4.77. The highest BCUT2D eigenvalue weighted by Crippen LogP contribution is 2.24. The van der Waals surface area contributed by atoms with Crippen molar-refractivity contribution in [2.45, 2.75) is 19.4 Å². The number of nitrogens with zero attached hydrogens (tertiary/aromatic N) is 4.